The second kappa shape index (κ2) is 11.5. The molecule has 0 atom stereocenters. The number of benzene rings is 2. The van der Waals surface area contributed by atoms with Gasteiger partial charge in [0.05, 0.1) is 0 Å². The molecule has 0 spiro atoms. The van der Waals surface area contributed by atoms with Crippen LogP contribution in [0, 0.1) is 5.41 Å². The first kappa shape index (κ1) is 26.4. The number of rotatable bonds is 12. The van der Waals surface area contributed by atoms with Crippen molar-refractivity contribution in [3.63, 3.8) is 0 Å². The van der Waals surface area contributed by atoms with Crippen LogP contribution in [0.1, 0.15) is 107 Å². The van der Waals surface area contributed by atoms with Crippen molar-refractivity contribution in [2.45, 2.75) is 104 Å². The number of aryl methyl sites for hydroxylation is 4. The molecule has 4 heteroatoms. The highest BCUT2D eigenvalue weighted by atomic mass is 31.2. The maximum atomic E-state index is 10.4. The Kier molecular flexibility index (Phi) is 9.15. The van der Waals surface area contributed by atoms with Crippen molar-refractivity contribution >= 4 is 8.60 Å². The highest BCUT2D eigenvalue weighted by Crippen LogP contribution is 2.65. The molecule has 0 unspecified atom stereocenters. The van der Waals surface area contributed by atoms with E-state index < -0.39 is 14.2 Å². The summed E-state index contributed by atoms with van der Waals surface area (Å²) in [5.74, 6) is 0. The summed E-state index contributed by atoms with van der Waals surface area (Å²) in [4.78, 5) is 20.9. The van der Waals surface area contributed by atoms with E-state index in [1.54, 1.807) is 0 Å². The molecule has 0 bridgehead atoms. The summed E-state index contributed by atoms with van der Waals surface area (Å²) in [6.07, 6.45) is 10.3. The molecule has 0 saturated heterocycles. The molecule has 0 aliphatic heterocycles. The van der Waals surface area contributed by atoms with Gasteiger partial charge in [0.15, 0.2) is 0 Å². The fourth-order valence-electron chi connectivity index (χ4n) is 5.94. The van der Waals surface area contributed by atoms with Gasteiger partial charge in [0.2, 0.25) is 0 Å². The van der Waals surface area contributed by atoms with Gasteiger partial charge in [0.1, 0.15) is 5.60 Å². The summed E-state index contributed by atoms with van der Waals surface area (Å²) in [7, 11) is -2.54. The molecule has 2 aromatic carbocycles. The largest absolute Gasteiger partial charge is 0.328 e. The van der Waals surface area contributed by atoms with Crippen molar-refractivity contribution in [3.8, 4) is 0 Å². The molecule has 182 valence electrons. The van der Waals surface area contributed by atoms with E-state index in [0.29, 0.717) is 0 Å². The quantitative estimate of drug-likeness (QED) is 0.312. The van der Waals surface area contributed by atoms with Gasteiger partial charge in [-0.25, -0.2) is 0 Å². The molecule has 0 aromatic heterocycles. The van der Waals surface area contributed by atoms with Crippen LogP contribution in [-0.2, 0) is 35.8 Å². The number of hydrogen-bond donors (Lipinski definition) is 2. The summed E-state index contributed by atoms with van der Waals surface area (Å²) in [5.41, 5.74) is 6.42. The van der Waals surface area contributed by atoms with Gasteiger partial charge in [-0.1, -0.05) is 90.3 Å². The normalized spacial score (nSPS) is 15.6. The Morgan fingerprint density at radius 2 is 1.33 bits per heavy atom. The standard InChI is InChI=1S/C29H43O3P/c1-6-11-17-28(18-12-19-28)29(32-33(30)31,26-15-13-22(7-2)20-24(26)9-4)27-16-14-23(8-3)21-25(27)10-5/h13-16,20-21,30-31H,6-12,17-19H2,1-5H3. The van der Waals surface area contributed by atoms with E-state index in [0.717, 1.165) is 75.3 Å². The van der Waals surface area contributed by atoms with Gasteiger partial charge in [-0.15, -0.1) is 0 Å². The van der Waals surface area contributed by atoms with Crippen LogP contribution in [0.4, 0.5) is 0 Å². The van der Waals surface area contributed by atoms with Crippen LogP contribution in [-0.4, -0.2) is 9.79 Å². The molecule has 3 nitrogen and oxygen atoms in total. The van der Waals surface area contributed by atoms with Crippen LogP contribution in [0.2, 0.25) is 0 Å². The molecule has 2 aromatic rings. The van der Waals surface area contributed by atoms with Crippen LogP contribution in [0.15, 0.2) is 36.4 Å². The van der Waals surface area contributed by atoms with Gasteiger partial charge in [0, 0.05) is 5.41 Å². The van der Waals surface area contributed by atoms with E-state index in [2.05, 4.69) is 71.0 Å². The lowest BCUT2D eigenvalue weighted by Gasteiger charge is -2.57. The zero-order valence-electron chi connectivity index (χ0n) is 21.3. The maximum Gasteiger partial charge on any atom is 0.328 e. The highest BCUT2D eigenvalue weighted by molar-refractivity contribution is 7.39. The molecular weight excluding hydrogens is 427 g/mol. The fraction of sp³-hybridized carbons (Fsp3) is 0.586. The van der Waals surface area contributed by atoms with Crippen LogP contribution < -0.4 is 0 Å². The van der Waals surface area contributed by atoms with E-state index in [4.69, 9.17) is 4.52 Å². The molecule has 3 rings (SSSR count). The zero-order valence-corrected chi connectivity index (χ0v) is 22.2. The van der Waals surface area contributed by atoms with Crippen LogP contribution in [0.25, 0.3) is 0 Å². The minimum Gasteiger partial charge on any atom is -0.328 e. The molecule has 1 aliphatic carbocycles. The minimum atomic E-state index is -2.54. The molecule has 1 aliphatic rings. The topological polar surface area (TPSA) is 49.7 Å². The van der Waals surface area contributed by atoms with Crippen molar-refractivity contribution < 1.29 is 14.3 Å². The third-order valence-corrected chi connectivity index (χ3v) is 8.40. The van der Waals surface area contributed by atoms with E-state index in [-0.39, 0.29) is 5.41 Å². The van der Waals surface area contributed by atoms with Crippen LogP contribution in [0.3, 0.4) is 0 Å². The second-order valence-electron chi connectivity index (χ2n) is 9.66. The first-order valence-corrected chi connectivity index (χ1v) is 14.2. The Bertz CT molecular complexity index is 862. The Labute approximate surface area is 202 Å². The predicted molar refractivity (Wildman–Crippen MR) is 139 cm³/mol. The van der Waals surface area contributed by atoms with Crippen LogP contribution in [0.5, 0.6) is 0 Å². The lowest BCUT2D eigenvalue weighted by atomic mass is 9.52. The number of unbranched alkanes of at least 4 members (excludes halogenated alkanes) is 1. The number of hydrogen-bond acceptors (Lipinski definition) is 3. The van der Waals surface area contributed by atoms with Crippen molar-refractivity contribution in [3.05, 3.63) is 69.8 Å². The van der Waals surface area contributed by atoms with Crippen LogP contribution >= 0.6 is 8.60 Å². The summed E-state index contributed by atoms with van der Waals surface area (Å²) in [5, 5.41) is 0. The molecule has 2 N–H and O–H groups in total. The van der Waals surface area contributed by atoms with Gasteiger partial charge in [-0.3, -0.25) is 4.52 Å². The van der Waals surface area contributed by atoms with E-state index in [1.807, 2.05) is 0 Å². The van der Waals surface area contributed by atoms with Gasteiger partial charge >= 0.3 is 8.60 Å². The molecule has 1 fully saturated rings. The highest BCUT2D eigenvalue weighted by Gasteiger charge is 2.59. The Hall–Kier alpha value is -1.25. The van der Waals surface area contributed by atoms with Crippen molar-refractivity contribution in [1.82, 2.24) is 0 Å². The predicted octanol–water partition coefficient (Wildman–Crippen LogP) is 7.77. The molecule has 33 heavy (non-hydrogen) atoms. The first-order valence-electron chi connectivity index (χ1n) is 13.0. The van der Waals surface area contributed by atoms with E-state index in [1.165, 1.54) is 22.3 Å². The monoisotopic (exact) mass is 470 g/mol. The summed E-state index contributed by atoms with van der Waals surface area (Å²) in [6, 6.07) is 13.5. The SMILES string of the molecule is CCCCC1(C(OP(O)O)(c2ccc(CC)cc2CC)c2ccc(CC)cc2CC)CCC1. The molecule has 0 amide bonds. The molecule has 0 heterocycles. The fourth-order valence-corrected chi connectivity index (χ4v) is 6.57. The Balaban J connectivity index is 2.41. The van der Waals surface area contributed by atoms with Gasteiger partial charge in [0.25, 0.3) is 0 Å². The van der Waals surface area contributed by atoms with Crippen molar-refractivity contribution in [2.75, 3.05) is 0 Å². The lowest BCUT2D eigenvalue weighted by Crippen LogP contribution is -2.53. The Morgan fingerprint density at radius 1 is 0.818 bits per heavy atom. The maximum absolute atomic E-state index is 10.4. The zero-order chi connectivity index (χ0) is 24.1. The summed E-state index contributed by atoms with van der Waals surface area (Å²) in [6.45, 7) is 11.0. The summed E-state index contributed by atoms with van der Waals surface area (Å²) < 4.78 is 6.52. The summed E-state index contributed by atoms with van der Waals surface area (Å²) >= 11 is 0. The van der Waals surface area contributed by atoms with Crippen molar-refractivity contribution in [1.29, 1.82) is 0 Å². The third kappa shape index (κ3) is 4.94. The average molecular weight is 471 g/mol. The van der Waals surface area contributed by atoms with Gasteiger partial charge in [-0.2, -0.15) is 0 Å². The van der Waals surface area contributed by atoms with E-state index >= 15 is 0 Å². The van der Waals surface area contributed by atoms with Crippen molar-refractivity contribution in [2.24, 2.45) is 5.41 Å². The van der Waals surface area contributed by atoms with Gasteiger partial charge in [-0.05, 0) is 78.3 Å². The average Bonchev–Trinajstić information content (AvgIpc) is 2.81. The Morgan fingerprint density at radius 3 is 1.67 bits per heavy atom. The second-order valence-corrected chi connectivity index (χ2v) is 10.3. The minimum absolute atomic E-state index is 0.135. The van der Waals surface area contributed by atoms with E-state index in [9.17, 15) is 9.79 Å². The molecule has 1 saturated carbocycles. The lowest BCUT2D eigenvalue weighted by molar-refractivity contribution is -0.0987. The smallest absolute Gasteiger partial charge is 0.328 e. The van der Waals surface area contributed by atoms with Gasteiger partial charge < -0.3 is 9.79 Å². The third-order valence-electron chi connectivity index (χ3n) is 7.96. The molecular formula is C29H43O3P. The first-order chi connectivity index (χ1) is 15.9. The molecule has 0 radical (unpaired) electrons.